The molecule has 0 aliphatic rings. The van der Waals surface area contributed by atoms with Crippen LogP contribution >= 0.6 is 0 Å². The van der Waals surface area contributed by atoms with E-state index in [0.29, 0.717) is 22.4 Å². The topological polar surface area (TPSA) is 96.7 Å². The average Bonchev–Trinajstić information content (AvgIpc) is 2.62. The third kappa shape index (κ3) is 3.94. The van der Waals surface area contributed by atoms with E-state index in [-0.39, 0.29) is 10.5 Å². The molecule has 0 spiro atoms. The predicted octanol–water partition coefficient (Wildman–Crippen LogP) is 3.22. The summed E-state index contributed by atoms with van der Waals surface area (Å²) in [4.78, 5) is 24.5. The fourth-order valence-corrected chi connectivity index (χ4v) is 4.25. The zero-order valence-electron chi connectivity index (χ0n) is 16.9. The number of carbonyl (C=O) groups is 1. The van der Waals surface area contributed by atoms with Gasteiger partial charge in [0.15, 0.2) is 0 Å². The van der Waals surface area contributed by atoms with Crippen molar-refractivity contribution >= 4 is 32.6 Å². The van der Waals surface area contributed by atoms with Crippen molar-refractivity contribution in [2.45, 2.75) is 25.7 Å². The predicted molar refractivity (Wildman–Crippen MR) is 112 cm³/mol. The molecule has 0 saturated carbocycles. The Morgan fingerprint density at radius 1 is 1.00 bits per heavy atom. The third-order valence-corrected chi connectivity index (χ3v) is 6.79. The summed E-state index contributed by atoms with van der Waals surface area (Å²) in [6.07, 6.45) is 0. The Bertz CT molecular complexity index is 1290. The third-order valence-electron chi connectivity index (χ3n) is 4.85. The van der Waals surface area contributed by atoms with Gasteiger partial charge < -0.3 is 9.73 Å². The van der Waals surface area contributed by atoms with Crippen molar-refractivity contribution in [3.05, 3.63) is 69.1 Å². The summed E-state index contributed by atoms with van der Waals surface area (Å²) in [5.41, 5.74) is 2.62. The van der Waals surface area contributed by atoms with E-state index in [4.69, 9.17) is 4.42 Å². The zero-order chi connectivity index (χ0) is 21.5. The lowest BCUT2D eigenvalue weighted by Crippen LogP contribution is -2.24. The Morgan fingerprint density at radius 3 is 2.34 bits per heavy atom. The second-order valence-electron chi connectivity index (χ2n) is 7.12. The lowest BCUT2D eigenvalue weighted by molar-refractivity contribution is 0.102. The Balaban J connectivity index is 2.01. The number of hydrogen-bond acceptors (Lipinski definition) is 5. The monoisotopic (exact) mass is 414 g/mol. The number of sulfonamides is 1. The molecule has 1 aromatic heterocycles. The molecular weight excluding hydrogens is 392 g/mol. The molecule has 152 valence electrons. The Labute approximate surface area is 169 Å². The van der Waals surface area contributed by atoms with Gasteiger partial charge in [-0.2, -0.15) is 0 Å². The van der Waals surface area contributed by atoms with Crippen LogP contribution in [0.25, 0.3) is 11.0 Å². The van der Waals surface area contributed by atoms with Crippen molar-refractivity contribution in [1.82, 2.24) is 4.31 Å². The van der Waals surface area contributed by atoms with Crippen molar-refractivity contribution in [2.24, 2.45) is 0 Å². The number of rotatable bonds is 4. The first kappa shape index (κ1) is 20.8. The van der Waals surface area contributed by atoms with Crippen LogP contribution in [0.2, 0.25) is 0 Å². The Kier molecular flexibility index (Phi) is 5.34. The minimum absolute atomic E-state index is 0.0905. The highest BCUT2D eigenvalue weighted by Crippen LogP contribution is 2.25. The Morgan fingerprint density at radius 2 is 1.69 bits per heavy atom. The molecule has 3 aromatic rings. The highest BCUT2D eigenvalue weighted by molar-refractivity contribution is 7.89. The van der Waals surface area contributed by atoms with Gasteiger partial charge >= 0.3 is 5.63 Å². The van der Waals surface area contributed by atoms with Crippen LogP contribution in [-0.2, 0) is 10.0 Å². The second kappa shape index (κ2) is 7.46. The molecule has 8 heteroatoms. The molecule has 0 aliphatic carbocycles. The fourth-order valence-electron chi connectivity index (χ4n) is 3.03. The van der Waals surface area contributed by atoms with E-state index < -0.39 is 21.6 Å². The molecule has 2 aromatic carbocycles. The number of aryl methyl sites for hydroxylation is 2. The Hall–Kier alpha value is -2.97. The van der Waals surface area contributed by atoms with E-state index in [1.54, 1.807) is 45.0 Å². The quantitative estimate of drug-likeness (QED) is 0.661. The molecule has 1 amide bonds. The van der Waals surface area contributed by atoms with Crippen LogP contribution in [0.5, 0.6) is 0 Å². The van der Waals surface area contributed by atoms with E-state index in [9.17, 15) is 18.0 Å². The minimum atomic E-state index is -3.69. The molecule has 0 bridgehead atoms. The van der Waals surface area contributed by atoms with Gasteiger partial charge in [0.05, 0.1) is 4.90 Å². The molecule has 0 unspecified atom stereocenters. The number of carbonyl (C=O) groups excluding carboxylic acids is 1. The smallest absolute Gasteiger partial charge is 0.336 e. The number of fused-ring (bicyclic) bond motifs is 1. The van der Waals surface area contributed by atoms with E-state index in [2.05, 4.69) is 5.32 Å². The van der Waals surface area contributed by atoms with Crippen molar-refractivity contribution in [2.75, 3.05) is 19.4 Å². The maximum absolute atomic E-state index is 12.8. The first-order valence-corrected chi connectivity index (χ1v) is 10.3. The first-order chi connectivity index (χ1) is 13.5. The van der Waals surface area contributed by atoms with E-state index >= 15 is 0 Å². The highest BCUT2D eigenvalue weighted by Gasteiger charge is 2.23. The van der Waals surface area contributed by atoms with Gasteiger partial charge in [0, 0.05) is 42.9 Å². The molecule has 0 fully saturated rings. The average molecular weight is 414 g/mol. The summed E-state index contributed by atoms with van der Waals surface area (Å²) < 4.78 is 31.5. The van der Waals surface area contributed by atoms with E-state index in [1.807, 2.05) is 0 Å². The van der Waals surface area contributed by atoms with E-state index in [0.717, 1.165) is 15.3 Å². The maximum Gasteiger partial charge on any atom is 0.336 e. The number of hydrogen-bond donors (Lipinski definition) is 1. The van der Waals surface area contributed by atoms with Gasteiger partial charge in [0.1, 0.15) is 5.58 Å². The summed E-state index contributed by atoms with van der Waals surface area (Å²) in [5, 5.41) is 3.51. The van der Waals surface area contributed by atoms with Gasteiger partial charge in [-0.05, 0) is 61.7 Å². The summed E-state index contributed by atoms with van der Waals surface area (Å²) >= 11 is 0. The number of nitrogens with zero attached hydrogens (tertiary/aromatic N) is 1. The number of amides is 1. The first-order valence-electron chi connectivity index (χ1n) is 8.90. The van der Waals surface area contributed by atoms with Crippen LogP contribution in [0.3, 0.4) is 0 Å². The maximum atomic E-state index is 12.8. The van der Waals surface area contributed by atoms with Gasteiger partial charge in [-0.3, -0.25) is 4.79 Å². The molecule has 0 saturated heterocycles. The van der Waals surface area contributed by atoms with Crippen LogP contribution in [0.15, 0.2) is 50.5 Å². The highest BCUT2D eigenvalue weighted by atomic mass is 32.2. The molecule has 1 heterocycles. The summed E-state index contributed by atoms with van der Waals surface area (Å²) in [5.74, 6) is -0.461. The molecule has 0 radical (unpaired) electrons. The van der Waals surface area contributed by atoms with Gasteiger partial charge in [0.25, 0.3) is 5.91 Å². The number of benzene rings is 2. The summed E-state index contributed by atoms with van der Waals surface area (Å²) in [6.45, 7) is 5.27. The fraction of sp³-hybridized carbons (Fsp3) is 0.238. The van der Waals surface area contributed by atoms with Gasteiger partial charge in [0.2, 0.25) is 10.0 Å². The number of nitrogens with one attached hydrogen (secondary N) is 1. The molecule has 1 N–H and O–H groups in total. The molecule has 0 atom stereocenters. The molecule has 0 aliphatic heterocycles. The van der Waals surface area contributed by atoms with Crippen LogP contribution in [0.4, 0.5) is 5.69 Å². The minimum Gasteiger partial charge on any atom is -0.423 e. The van der Waals surface area contributed by atoms with Crippen molar-refractivity contribution in [3.63, 3.8) is 0 Å². The van der Waals surface area contributed by atoms with Crippen LogP contribution in [0.1, 0.15) is 27.0 Å². The normalized spacial score (nSPS) is 11.8. The van der Waals surface area contributed by atoms with Gasteiger partial charge in [-0.15, -0.1) is 0 Å². The van der Waals surface area contributed by atoms with E-state index in [1.165, 1.54) is 26.2 Å². The lowest BCUT2D eigenvalue weighted by Gasteiger charge is -2.16. The summed E-state index contributed by atoms with van der Waals surface area (Å²) in [7, 11) is -0.801. The van der Waals surface area contributed by atoms with Crippen molar-refractivity contribution < 1.29 is 17.6 Å². The molecule has 7 nitrogen and oxygen atoms in total. The lowest BCUT2D eigenvalue weighted by atomic mass is 10.1. The molecule has 3 rings (SSSR count). The van der Waals surface area contributed by atoms with Crippen LogP contribution in [0, 0.1) is 20.8 Å². The van der Waals surface area contributed by atoms with Crippen molar-refractivity contribution in [1.29, 1.82) is 0 Å². The second-order valence-corrected chi connectivity index (χ2v) is 9.24. The standard InChI is InChI=1S/C21H22N2O5S/c1-12-8-15(10-19(14(12)3)29(26,27)23(4)5)21(25)22-16-6-7-17-13(2)9-20(24)28-18(17)11-16/h6-11H,1-5H3,(H,22,25). The number of anilines is 1. The molecule has 29 heavy (non-hydrogen) atoms. The summed E-state index contributed by atoms with van der Waals surface area (Å²) in [6, 6.07) is 9.45. The largest absolute Gasteiger partial charge is 0.423 e. The van der Waals surface area contributed by atoms with Crippen LogP contribution in [-0.4, -0.2) is 32.7 Å². The van der Waals surface area contributed by atoms with Crippen LogP contribution < -0.4 is 10.9 Å². The van der Waals surface area contributed by atoms with Gasteiger partial charge in [-0.1, -0.05) is 0 Å². The van der Waals surface area contributed by atoms with Gasteiger partial charge in [-0.25, -0.2) is 17.5 Å². The van der Waals surface area contributed by atoms with Crippen molar-refractivity contribution in [3.8, 4) is 0 Å². The SMILES string of the molecule is Cc1cc(C(=O)Nc2ccc3c(C)cc(=O)oc3c2)cc(S(=O)(=O)N(C)C)c1C. The molecular formula is C21H22N2O5S. The zero-order valence-corrected chi connectivity index (χ0v) is 17.7.